The number of fused-ring (bicyclic) bond motifs is 1. The van der Waals surface area contributed by atoms with Crippen LogP contribution in [0.1, 0.15) is 23.1 Å². The van der Waals surface area contributed by atoms with Gasteiger partial charge in [0.05, 0.1) is 6.61 Å². The third-order valence-electron chi connectivity index (χ3n) is 5.26. The Bertz CT molecular complexity index is 917. The first-order valence-electron chi connectivity index (χ1n) is 9.58. The monoisotopic (exact) mass is 378 g/mol. The highest BCUT2D eigenvalue weighted by Crippen LogP contribution is 2.25. The van der Waals surface area contributed by atoms with Crippen molar-refractivity contribution in [3.05, 3.63) is 77.5 Å². The third kappa shape index (κ3) is 4.46. The van der Waals surface area contributed by atoms with Crippen LogP contribution in [-0.4, -0.2) is 40.4 Å². The first-order chi connectivity index (χ1) is 13.3. The largest absolute Gasteiger partial charge is 0.392 e. The van der Waals surface area contributed by atoms with E-state index in [1.165, 1.54) is 22.1 Å². The molecule has 3 nitrogen and oxygen atoms in total. The minimum Gasteiger partial charge on any atom is -0.392 e. The number of aromatic nitrogens is 1. The number of aliphatic hydroxyl groups excluding tert-OH is 1. The van der Waals surface area contributed by atoms with Gasteiger partial charge in [-0.2, -0.15) is 11.8 Å². The second kappa shape index (κ2) is 8.79. The molecule has 0 unspecified atom stereocenters. The van der Waals surface area contributed by atoms with Crippen LogP contribution in [0, 0.1) is 0 Å². The van der Waals surface area contributed by atoms with Crippen molar-refractivity contribution in [2.75, 3.05) is 25.4 Å². The van der Waals surface area contributed by atoms with Gasteiger partial charge in [-0.15, -0.1) is 0 Å². The van der Waals surface area contributed by atoms with Crippen LogP contribution < -0.4 is 0 Å². The lowest BCUT2D eigenvalue weighted by Crippen LogP contribution is -2.30. The summed E-state index contributed by atoms with van der Waals surface area (Å²) < 4.78 is 0. The Labute approximate surface area is 165 Å². The Morgan fingerprint density at radius 3 is 2.78 bits per heavy atom. The molecule has 0 fully saturated rings. The molecule has 0 radical (unpaired) electrons. The van der Waals surface area contributed by atoms with Gasteiger partial charge in [0.1, 0.15) is 0 Å². The van der Waals surface area contributed by atoms with E-state index >= 15 is 0 Å². The molecule has 140 valence electrons. The van der Waals surface area contributed by atoms with E-state index in [0.717, 1.165) is 48.6 Å². The molecule has 2 N–H and O–H groups in total. The normalized spacial score (nSPS) is 15.2. The summed E-state index contributed by atoms with van der Waals surface area (Å²) in [6, 6.07) is 16.9. The summed E-state index contributed by atoms with van der Waals surface area (Å²) in [6.07, 6.45) is 5.64. The van der Waals surface area contributed by atoms with Gasteiger partial charge in [0, 0.05) is 48.2 Å². The first kappa shape index (κ1) is 18.4. The van der Waals surface area contributed by atoms with Crippen molar-refractivity contribution in [1.82, 2.24) is 9.88 Å². The van der Waals surface area contributed by atoms with Crippen LogP contribution in [0.15, 0.2) is 60.8 Å². The number of nitrogens with zero attached hydrogens (tertiary/aromatic N) is 1. The highest BCUT2D eigenvalue weighted by molar-refractivity contribution is 7.98. The van der Waals surface area contributed by atoms with E-state index in [0.29, 0.717) is 0 Å². The molecule has 1 aromatic heterocycles. The first-order valence-corrected chi connectivity index (χ1v) is 10.7. The molecule has 0 atom stereocenters. The number of hydrogen-bond donors (Lipinski definition) is 2. The Morgan fingerprint density at radius 1 is 1.11 bits per heavy atom. The number of hydrogen-bond acceptors (Lipinski definition) is 3. The molecule has 2 aromatic carbocycles. The molecule has 0 aliphatic carbocycles. The zero-order valence-corrected chi connectivity index (χ0v) is 16.3. The summed E-state index contributed by atoms with van der Waals surface area (Å²) in [6.45, 7) is 3.44. The third-order valence-corrected chi connectivity index (χ3v) is 6.25. The molecular formula is C23H26N2OS. The van der Waals surface area contributed by atoms with Gasteiger partial charge in [0.25, 0.3) is 0 Å². The highest BCUT2D eigenvalue weighted by atomic mass is 32.2. The van der Waals surface area contributed by atoms with Crippen molar-refractivity contribution in [1.29, 1.82) is 0 Å². The van der Waals surface area contributed by atoms with Gasteiger partial charge in [-0.25, -0.2) is 0 Å². The van der Waals surface area contributed by atoms with Gasteiger partial charge in [0.15, 0.2) is 0 Å². The minimum atomic E-state index is 0.0926. The molecule has 4 rings (SSSR count). The smallest absolute Gasteiger partial charge is 0.0682 e. The van der Waals surface area contributed by atoms with Crippen LogP contribution in [-0.2, 0) is 12.4 Å². The Hall–Kier alpha value is -2.01. The second-order valence-corrected chi connectivity index (χ2v) is 8.16. The molecule has 4 heteroatoms. The second-order valence-electron chi connectivity index (χ2n) is 7.05. The fourth-order valence-electron chi connectivity index (χ4n) is 3.66. The average molecular weight is 379 g/mol. The Kier molecular flexibility index (Phi) is 5.97. The fraction of sp³-hybridized carbons (Fsp3) is 0.304. The molecular weight excluding hydrogens is 352 g/mol. The van der Waals surface area contributed by atoms with Gasteiger partial charge in [-0.3, -0.25) is 4.90 Å². The zero-order chi connectivity index (χ0) is 18.5. The zero-order valence-electron chi connectivity index (χ0n) is 15.5. The summed E-state index contributed by atoms with van der Waals surface area (Å²) in [5, 5.41) is 10.5. The van der Waals surface area contributed by atoms with E-state index in [1.54, 1.807) is 0 Å². The van der Waals surface area contributed by atoms with E-state index in [-0.39, 0.29) is 6.61 Å². The molecule has 3 aromatic rings. The number of aliphatic hydroxyl groups is 1. The predicted octanol–water partition coefficient (Wildman–Crippen LogP) is 4.68. The molecule has 0 amide bonds. The number of aromatic amines is 1. The minimum absolute atomic E-state index is 0.0926. The van der Waals surface area contributed by atoms with E-state index in [4.69, 9.17) is 0 Å². The van der Waals surface area contributed by atoms with Crippen molar-refractivity contribution in [3.8, 4) is 0 Å². The maximum Gasteiger partial charge on any atom is 0.0682 e. The number of nitrogens with one attached hydrogen (secondary N) is 1. The van der Waals surface area contributed by atoms with Gasteiger partial charge in [0.2, 0.25) is 0 Å². The maximum atomic E-state index is 9.26. The Morgan fingerprint density at radius 2 is 2.00 bits per heavy atom. The summed E-state index contributed by atoms with van der Waals surface area (Å²) in [7, 11) is 0. The number of H-pyrrole nitrogens is 1. The van der Waals surface area contributed by atoms with Crippen LogP contribution >= 0.6 is 11.8 Å². The average Bonchev–Trinajstić information content (AvgIpc) is 3.14. The highest BCUT2D eigenvalue weighted by Gasteiger charge is 2.12. The van der Waals surface area contributed by atoms with E-state index in [9.17, 15) is 5.11 Å². The van der Waals surface area contributed by atoms with Gasteiger partial charge >= 0.3 is 0 Å². The lowest BCUT2D eigenvalue weighted by atomic mass is 10.00. The molecule has 0 bridgehead atoms. The number of benzene rings is 2. The molecule has 0 spiro atoms. The molecule has 2 heterocycles. The maximum absolute atomic E-state index is 9.26. The Balaban J connectivity index is 1.25. The SMILES string of the molecule is OCc1ccc2c(CSCCN3CC=C(c4ccccc4)CC3)c[nH]c2c1. The molecule has 0 saturated carbocycles. The number of rotatable bonds is 7. The van der Waals surface area contributed by atoms with Crippen molar-refractivity contribution >= 4 is 28.2 Å². The summed E-state index contributed by atoms with van der Waals surface area (Å²) in [5.41, 5.74) is 6.28. The van der Waals surface area contributed by atoms with Crippen molar-refractivity contribution < 1.29 is 5.11 Å². The molecule has 0 saturated heterocycles. The number of thioether (sulfide) groups is 1. The van der Waals surface area contributed by atoms with E-state index in [2.05, 4.69) is 58.6 Å². The van der Waals surface area contributed by atoms with Gasteiger partial charge in [-0.05, 0) is 34.8 Å². The van der Waals surface area contributed by atoms with E-state index < -0.39 is 0 Å². The molecule has 27 heavy (non-hydrogen) atoms. The van der Waals surface area contributed by atoms with Crippen LogP contribution in [0.25, 0.3) is 16.5 Å². The lowest BCUT2D eigenvalue weighted by Gasteiger charge is -2.26. The van der Waals surface area contributed by atoms with Crippen LogP contribution in [0.2, 0.25) is 0 Å². The van der Waals surface area contributed by atoms with E-state index in [1.807, 2.05) is 23.9 Å². The summed E-state index contributed by atoms with van der Waals surface area (Å²) in [4.78, 5) is 5.87. The quantitative estimate of drug-likeness (QED) is 0.586. The van der Waals surface area contributed by atoms with Crippen LogP contribution in [0.3, 0.4) is 0 Å². The summed E-state index contributed by atoms with van der Waals surface area (Å²) >= 11 is 1.99. The van der Waals surface area contributed by atoms with Crippen molar-refractivity contribution in [2.24, 2.45) is 0 Å². The lowest BCUT2D eigenvalue weighted by molar-refractivity contribution is 0.282. The topological polar surface area (TPSA) is 39.3 Å². The van der Waals surface area contributed by atoms with Crippen LogP contribution in [0.5, 0.6) is 0 Å². The van der Waals surface area contributed by atoms with Crippen molar-refractivity contribution in [2.45, 2.75) is 18.8 Å². The van der Waals surface area contributed by atoms with Gasteiger partial charge < -0.3 is 10.1 Å². The van der Waals surface area contributed by atoms with Gasteiger partial charge in [-0.1, -0.05) is 48.5 Å². The molecule has 1 aliphatic heterocycles. The predicted molar refractivity (Wildman–Crippen MR) is 116 cm³/mol. The fourth-order valence-corrected chi connectivity index (χ4v) is 4.65. The standard InChI is InChI=1S/C23H26N2OS/c26-16-18-6-7-22-21(15-24-23(22)14-18)17-27-13-12-25-10-8-20(9-11-25)19-4-2-1-3-5-19/h1-8,14-15,24,26H,9-13,16-17H2. The van der Waals surface area contributed by atoms with Crippen molar-refractivity contribution in [3.63, 3.8) is 0 Å². The van der Waals surface area contributed by atoms with Crippen LogP contribution in [0.4, 0.5) is 0 Å². The summed E-state index contributed by atoms with van der Waals surface area (Å²) in [5.74, 6) is 2.17. The molecule has 1 aliphatic rings.